The molecule has 4 rings (SSSR count). The Hall–Kier alpha value is -3.19. The van der Waals surface area contributed by atoms with Crippen LogP contribution < -0.4 is 5.32 Å². The number of aryl methyl sites for hydroxylation is 1. The van der Waals surface area contributed by atoms with Crippen molar-refractivity contribution in [2.45, 2.75) is 38.2 Å². The van der Waals surface area contributed by atoms with E-state index in [1.54, 1.807) is 30.6 Å². The standard InChI is InChI=1S/C23H23FN4O2/c1-15-12-25-11-8-19(15)23(30)9-6-16(7-10-23)21(29)28-22-26-13-17(14-27-22)18-4-2-3-5-20(18)24/h2-5,8,11-14,16,30H,6-7,9-10H2,1H3,(H,26,27,28,29). The molecule has 2 aromatic heterocycles. The average Bonchev–Trinajstić information content (AvgIpc) is 2.75. The number of halogens is 1. The molecular weight excluding hydrogens is 383 g/mol. The van der Waals surface area contributed by atoms with Crippen LogP contribution in [0.2, 0.25) is 0 Å². The molecule has 1 saturated carbocycles. The second-order valence-electron chi connectivity index (χ2n) is 7.76. The number of rotatable bonds is 4. The lowest BCUT2D eigenvalue weighted by molar-refractivity contribution is -0.123. The van der Waals surface area contributed by atoms with Gasteiger partial charge in [0.2, 0.25) is 11.9 Å². The van der Waals surface area contributed by atoms with Crippen LogP contribution >= 0.6 is 0 Å². The Labute approximate surface area is 174 Å². The number of nitrogens with one attached hydrogen (secondary N) is 1. The van der Waals surface area contributed by atoms with Gasteiger partial charge in [-0.2, -0.15) is 0 Å². The summed E-state index contributed by atoms with van der Waals surface area (Å²) in [5.41, 5.74) is 1.85. The number of anilines is 1. The van der Waals surface area contributed by atoms with Crippen molar-refractivity contribution in [1.29, 1.82) is 0 Å². The van der Waals surface area contributed by atoms with Crippen molar-refractivity contribution in [2.24, 2.45) is 5.92 Å². The summed E-state index contributed by atoms with van der Waals surface area (Å²) in [5.74, 6) is -0.549. The lowest BCUT2D eigenvalue weighted by atomic mass is 9.74. The smallest absolute Gasteiger partial charge is 0.229 e. The number of amides is 1. The van der Waals surface area contributed by atoms with Crippen molar-refractivity contribution in [3.63, 3.8) is 0 Å². The molecule has 154 valence electrons. The predicted molar refractivity (Wildman–Crippen MR) is 111 cm³/mol. The van der Waals surface area contributed by atoms with Gasteiger partial charge in [0.05, 0.1) is 5.60 Å². The molecule has 0 atom stereocenters. The molecule has 0 aliphatic heterocycles. The fourth-order valence-corrected chi connectivity index (χ4v) is 4.06. The summed E-state index contributed by atoms with van der Waals surface area (Å²) in [6.07, 6.45) is 8.55. The largest absolute Gasteiger partial charge is 0.385 e. The zero-order chi connectivity index (χ0) is 21.1. The molecule has 0 saturated heterocycles. The van der Waals surface area contributed by atoms with Gasteiger partial charge in [-0.05, 0) is 55.9 Å². The van der Waals surface area contributed by atoms with Gasteiger partial charge in [-0.1, -0.05) is 18.2 Å². The monoisotopic (exact) mass is 406 g/mol. The second kappa shape index (κ2) is 8.28. The Morgan fingerprint density at radius 2 is 1.83 bits per heavy atom. The summed E-state index contributed by atoms with van der Waals surface area (Å²) in [5, 5.41) is 13.8. The highest BCUT2D eigenvalue weighted by Gasteiger charge is 2.38. The Morgan fingerprint density at radius 1 is 1.13 bits per heavy atom. The molecule has 0 radical (unpaired) electrons. The quantitative estimate of drug-likeness (QED) is 0.684. The Balaban J connectivity index is 1.38. The minimum absolute atomic E-state index is 0.165. The number of nitrogens with zero attached hydrogens (tertiary/aromatic N) is 3. The van der Waals surface area contributed by atoms with Crippen LogP contribution in [0, 0.1) is 18.7 Å². The molecule has 6 nitrogen and oxygen atoms in total. The fraction of sp³-hybridized carbons (Fsp3) is 0.304. The van der Waals surface area contributed by atoms with Crippen LogP contribution in [0.1, 0.15) is 36.8 Å². The van der Waals surface area contributed by atoms with Gasteiger partial charge in [-0.15, -0.1) is 0 Å². The molecule has 0 bridgehead atoms. The van der Waals surface area contributed by atoms with Gasteiger partial charge in [-0.3, -0.25) is 15.1 Å². The topological polar surface area (TPSA) is 88.0 Å². The average molecular weight is 406 g/mol. The highest BCUT2D eigenvalue weighted by molar-refractivity contribution is 5.91. The molecule has 2 heterocycles. The molecule has 1 amide bonds. The molecule has 7 heteroatoms. The maximum atomic E-state index is 13.9. The molecular formula is C23H23FN4O2. The highest BCUT2D eigenvalue weighted by atomic mass is 19.1. The van der Waals surface area contributed by atoms with Gasteiger partial charge < -0.3 is 5.11 Å². The van der Waals surface area contributed by atoms with Gasteiger partial charge in [0.15, 0.2) is 0 Å². The van der Waals surface area contributed by atoms with Gasteiger partial charge in [-0.25, -0.2) is 14.4 Å². The lowest BCUT2D eigenvalue weighted by Gasteiger charge is -2.36. The summed E-state index contributed by atoms with van der Waals surface area (Å²) in [7, 11) is 0. The van der Waals surface area contributed by atoms with E-state index in [9.17, 15) is 14.3 Å². The second-order valence-corrected chi connectivity index (χ2v) is 7.76. The summed E-state index contributed by atoms with van der Waals surface area (Å²) in [6.45, 7) is 1.93. The minimum atomic E-state index is -0.929. The summed E-state index contributed by atoms with van der Waals surface area (Å²) in [4.78, 5) is 25.0. The summed E-state index contributed by atoms with van der Waals surface area (Å²) >= 11 is 0. The SMILES string of the molecule is Cc1cnccc1C1(O)CCC(C(=O)Nc2ncc(-c3ccccc3F)cn2)CC1. The van der Waals surface area contributed by atoms with Crippen LogP contribution in [0.5, 0.6) is 0 Å². The molecule has 30 heavy (non-hydrogen) atoms. The maximum Gasteiger partial charge on any atom is 0.229 e. The number of benzene rings is 1. The predicted octanol–water partition coefficient (Wildman–Crippen LogP) is 4.00. The molecule has 1 aliphatic rings. The Bertz CT molecular complexity index is 1050. The van der Waals surface area contributed by atoms with Crippen molar-refractivity contribution in [2.75, 3.05) is 5.32 Å². The van der Waals surface area contributed by atoms with Crippen molar-refractivity contribution >= 4 is 11.9 Å². The van der Waals surface area contributed by atoms with E-state index in [-0.39, 0.29) is 23.6 Å². The van der Waals surface area contributed by atoms with Crippen molar-refractivity contribution in [3.05, 3.63) is 72.1 Å². The number of aromatic nitrogens is 3. The number of carbonyl (C=O) groups is 1. The molecule has 3 aromatic rings. The Morgan fingerprint density at radius 3 is 2.50 bits per heavy atom. The van der Waals surface area contributed by atoms with E-state index >= 15 is 0 Å². The van der Waals surface area contributed by atoms with Crippen LogP contribution in [-0.2, 0) is 10.4 Å². The Kier molecular flexibility index (Phi) is 5.55. The van der Waals surface area contributed by atoms with E-state index in [0.717, 1.165) is 11.1 Å². The number of carbonyl (C=O) groups excluding carboxylic acids is 1. The van der Waals surface area contributed by atoms with E-state index in [4.69, 9.17) is 0 Å². The minimum Gasteiger partial charge on any atom is -0.385 e. The zero-order valence-electron chi connectivity index (χ0n) is 16.7. The van der Waals surface area contributed by atoms with Gasteiger partial charge in [0, 0.05) is 41.8 Å². The van der Waals surface area contributed by atoms with Crippen LogP contribution in [0.15, 0.2) is 55.1 Å². The van der Waals surface area contributed by atoms with E-state index in [2.05, 4.69) is 20.3 Å². The fourth-order valence-electron chi connectivity index (χ4n) is 4.06. The van der Waals surface area contributed by atoms with Gasteiger partial charge in [0.1, 0.15) is 5.82 Å². The molecule has 1 fully saturated rings. The number of pyridine rings is 1. The first-order valence-electron chi connectivity index (χ1n) is 9.97. The first-order valence-corrected chi connectivity index (χ1v) is 9.97. The van der Waals surface area contributed by atoms with Crippen molar-refractivity contribution in [1.82, 2.24) is 15.0 Å². The van der Waals surface area contributed by atoms with E-state index < -0.39 is 5.60 Å². The summed E-state index contributed by atoms with van der Waals surface area (Å²) < 4.78 is 13.9. The van der Waals surface area contributed by atoms with Gasteiger partial charge >= 0.3 is 0 Å². The van der Waals surface area contributed by atoms with E-state index in [1.165, 1.54) is 18.5 Å². The van der Waals surface area contributed by atoms with Crippen LogP contribution in [0.25, 0.3) is 11.1 Å². The number of hydrogen-bond acceptors (Lipinski definition) is 5. The van der Waals surface area contributed by atoms with E-state index in [0.29, 0.717) is 36.8 Å². The third-order valence-corrected chi connectivity index (χ3v) is 5.78. The van der Waals surface area contributed by atoms with E-state index in [1.807, 2.05) is 13.0 Å². The number of hydrogen-bond donors (Lipinski definition) is 2. The zero-order valence-corrected chi connectivity index (χ0v) is 16.7. The van der Waals surface area contributed by atoms with Crippen molar-refractivity contribution in [3.8, 4) is 11.1 Å². The molecule has 1 aliphatic carbocycles. The summed E-state index contributed by atoms with van der Waals surface area (Å²) in [6, 6.07) is 8.24. The van der Waals surface area contributed by atoms with Crippen molar-refractivity contribution < 1.29 is 14.3 Å². The third kappa shape index (κ3) is 4.07. The van der Waals surface area contributed by atoms with Crippen LogP contribution in [-0.4, -0.2) is 26.0 Å². The van der Waals surface area contributed by atoms with Crippen LogP contribution in [0.3, 0.4) is 0 Å². The lowest BCUT2D eigenvalue weighted by Crippen LogP contribution is -2.36. The normalized spacial score (nSPS) is 21.2. The molecule has 0 spiro atoms. The first kappa shape index (κ1) is 20.1. The number of aliphatic hydroxyl groups is 1. The van der Waals surface area contributed by atoms with Crippen LogP contribution in [0.4, 0.5) is 10.3 Å². The highest BCUT2D eigenvalue weighted by Crippen LogP contribution is 2.40. The molecule has 1 aromatic carbocycles. The molecule has 0 unspecified atom stereocenters. The third-order valence-electron chi connectivity index (χ3n) is 5.78. The van der Waals surface area contributed by atoms with Gasteiger partial charge in [0.25, 0.3) is 0 Å². The maximum absolute atomic E-state index is 13.9. The molecule has 2 N–H and O–H groups in total. The first-order chi connectivity index (χ1) is 14.5.